The summed E-state index contributed by atoms with van der Waals surface area (Å²) in [5.41, 5.74) is 1.03. The third-order valence-corrected chi connectivity index (χ3v) is 7.42. The largest absolute Gasteiger partial charge is 0.427 e. The molecule has 7 heteroatoms. The van der Waals surface area contributed by atoms with Crippen LogP contribution in [0.5, 0.6) is 5.75 Å². The van der Waals surface area contributed by atoms with Crippen molar-refractivity contribution in [1.82, 2.24) is 4.72 Å². The van der Waals surface area contributed by atoms with Gasteiger partial charge in [-0.25, -0.2) is 13.1 Å². The molecular formula is C23H31NO4S2. The van der Waals surface area contributed by atoms with E-state index in [0.29, 0.717) is 22.4 Å². The highest BCUT2D eigenvalue weighted by molar-refractivity contribution is 8.00. The van der Waals surface area contributed by atoms with E-state index in [0.717, 1.165) is 42.6 Å². The van der Waals surface area contributed by atoms with Gasteiger partial charge in [0.1, 0.15) is 5.75 Å². The number of nitrogens with one attached hydrogen (secondary N) is 1. The third-order valence-electron chi connectivity index (χ3n) is 4.59. The number of aryl methyl sites for hydroxylation is 1. The summed E-state index contributed by atoms with van der Waals surface area (Å²) >= 11 is 1.79. The number of benzene rings is 2. The third kappa shape index (κ3) is 8.50. The number of carbonyl (C=O) groups is 1. The van der Waals surface area contributed by atoms with E-state index in [-0.39, 0.29) is 5.97 Å². The van der Waals surface area contributed by atoms with Gasteiger partial charge in [-0.05, 0) is 62.6 Å². The molecule has 30 heavy (non-hydrogen) atoms. The lowest BCUT2D eigenvalue weighted by atomic mass is 10.1. The van der Waals surface area contributed by atoms with E-state index in [9.17, 15) is 13.2 Å². The number of sulfonamides is 1. The second-order valence-corrected chi connectivity index (χ2v) is 10.4. The van der Waals surface area contributed by atoms with Gasteiger partial charge in [-0.3, -0.25) is 4.79 Å². The molecule has 0 bridgehead atoms. The van der Waals surface area contributed by atoms with Gasteiger partial charge in [-0.2, -0.15) is 0 Å². The van der Waals surface area contributed by atoms with Crippen molar-refractivity contribution in [1.29, 1.82) is 0 Å². The molecule has 0 saturated heterocycles. The molecule has 0 amide bonds. The fourth-order valence-electron chi connectivity index (χ4n) is 2.98. The molecule has 0 aliphatic heterocycles. The van der Waals surface area contributed by atoms with Gasteiger partial charge < -0.3 is 4.74 Å². The summed E-state index contributed by atoms with van der Waals surface area (Å²) in [5.74, 6) is 0.215. The summed E-state index contributed by atoms with van der Waals surface area (Å²) in [6.45, 7) is 5.91. The smallest absolute Gasteiger partial charge is 0.308 e. The minimum Gasteiger partial charge on any atom is -0.427 e. The fourth-order valence-corrected chi connectivity index (χ4v) is 5.30. The summed E-state index contributed by atoms with van der Waals surface area (Å²) in [6, 6.07) is 14.4. The van der Waals surface area contributed by atoms with Crippen LogP contribution < -0.4 is 9.46 Å². The molecule has 0 radical (unpaired) electrons. The van der Waals surface area contributed by atoms with Crippen LogP contribution in [0.15, 0.2) is 58.3 Å². The number of hydrogen-bond donors (Lipinski definition) is 1. The van der Waals surface area contributed by atoms with Gasteiger partial charge in [0.05, 0.1) is 4.90 Å². The Morgan fingerprint density at radius 2 is 1.67 bits per heavy atom. The van der Waals surface area contributed by atoms with Gasteiger partial charge in [-0.15, -0.1) is 11.8 Å². The average molecular weight is 450 g/mol. The van der Waals surface area contributed by atoms with E-state index >= 15 is 0 Å². The van der Waals surface area contributed by atoms with Gasteiger partial charge in [0.15, 0.2) is 0 Å². The Bertz CT molecular complexity index is 894. The van der Waals surface area contributed by atoms with Crippen molar-refractivity contribution >= 4 is 27.8 Å². The number of unbranched alkanes of at least 4 members (excludes halogenated alkanes) is 1. The maximum atomic E-state index is 12.4. The van der Waals surface area contributed by atoms with Crippen LogP contribution in [0.2, 0.25) is 0 Å². The summed E-state index contributed by atoms with van der Waals surface area (Å²) < 4.78 is 32.6. The number of esters is 1. The van der Waals surface area contributed by atoms with Crippen molar-refractivity contribution < 1.29 is 17.9 Å². The normalized spacial score (nSPS) is 12.5. The van der Waals surface area contributed by atoms with Gasteiger partial charge >= 0.3 is 5.97 Å². The molecule has 0 saturated carbocycles. The van der Waals surface area contributed by atoms with Gasteiger partial charge in [0, 0.05) is 23.6 Å². The van der Waals surface area contributed by atoms with Crippen molar-refractivity contribution in [2.75, 3.05) is 6.54 Å². The molecule has 2 aromatic carbocycles. The predicted octanol–water partition coefficient (Wildman–Crippen LogP) is 5.33. The molecule has 1 unspecified atom stereocenters. The Labute approximate surface area is 184 Å². The zero-order chi connectivity index (χ0) is 22.0. The summed E-state index contributed by atoms with van der Waals surface area (Å²) in [5, 5.41) is 0.411. The molecular weight excluding hydrogens is 418 g/mol. The van der Waals surface area contributed by atoms with Crippen LogP contribution in [0.3, 0.4) is 0 Å². The maximum Gasteiger partial charge on any atom is 0.308 e. The highest BCUT2D eigenvalue weighted by atomic mass is 32.2. The van der Waals surface area contributed by atoms with Crippen molar-refractivity contribution in [3.8, 4) is 5.75 Å². The van der Waals surface area contributed by atoms with Crippen molar-refractivity contribution in [3.63, 3.8) is 0 Å². The van der Waals surface area contributed by atoms with Crippen molar-refractivity contribution in [2.45, 2.75) is 67.9 Å². The fraction of sp³-hybridized carbons (Fsp3) is 0.435. The predicted molar refractivity (Wildman–Crippen MR) is 123 cm³/mol. The molecule has 5 nitrogen and oxygen atoms in total. The first-order valence-corrected chi connectivity index (χ1v) is 12.7. The maximum absolute atomic E-state index is 12.4. The van der Waals surface area contributed by atoms with E-state index in [1.165, 1.54) is 6.92 Å². The van der Waals surface area contributed by atoms with Crippen LogP contribution in [-0.2, 0) is 14.8 Å². The first-order chi connectivity index (χ1) is 14.3. The topological polar surface area (TPSA) is 72.5 Å². The van der Waals surface area contributed by atoms with Crippen LogP contribution >= 0.6 is 11.8 Å². The first-order valence-electron chi connectivity index (χ1n) is 10.3. The molecule has 1 atom stereocenters. The molecule has 0 fully saturated rings. The Morgan fingerprint density at radius 1 is 1.03 bits per heavy atom. The molecule has 0 aliphatic rings. The van der Waals surface area contributed by atoms with Gasteiger partial charge in [-0.1, -0.05) is 37.5 Å². The number of ether oxygens (including phenoxy) is 1. The quantitative estimate of drug-likeness (QED) is 0.205. The zero-order valence-electron chi connectivity index (χ0n) is 17.9. The lowest BCUT2D eigenvalue weighted by Crippen LogP contribution is -2.25. The molecule has 164 valence electrons. The lowest BCUT2D eigenvalue weighted by Gasteiger charge is -2.17. The molecule has 2 rings (SSSR count). The number of thioether (sulfide) groups is 1. The van der Waals surface area contributed by atoms with E-state index in [4.69, 9.17) is 4.74 Å². The Kier molecular flexibility index (Phi) is 9.88. The first kappa shape index (κ1) is 24.4. The van der Waals surface area contributed by atoms with Crippen LogP contribution in [0.4, 0.5) is 0 Å². The number of carbonyl (C=O) groups excluding carboxylic acids is 1. The number of rotatable bonds is 12. The van der Waals surface area contributed by atoms with Crippen molar-refractivity contribution in [2.24, 2.45) is 0 Å². The minimum atomic E-state index is -3.46. The van der Waals surface area contributed by atoms with E-state index in [2.05, 4.69) is 11.6 Å². The zero-order valence-corrected chi connectivity index (χ0v) is 19.5. The molecule has 0 aromatic heterocycles. The Balaban J connectivity index is 1.86. The average Bonchev–Trinajstić information content (AvgIpc) is 2.70. The van der Waals surface area contributed by atoms with Crippen LogP contribution in [0.1, 0.15) is 51.5 Å². The van der Waals surface area contributed by atoms with Crippen LogP contribution in [0, 0.1) is 6.92 Å². The van der Waals surface area contributed by atoms with Crippen LogP contribution in [-0.4, -0.2) is 26.2 Å². The molecule has 0 spiro atoms. The highest BCUT2D eigenvalue weighted by Crippen LogP contribution is 2.31. The molecule has 0 heterocycles. The van der Waals surface area contributed by atoms with Crippen molar-refractivity contribution in [3.05, 3.63) is 54.1 Å². The Morgan fingerprint density at radius 3 is 2.27 bits per heavy atom. The summed E-state index contributed by atoms with van der Waals surface area (Å²) in [4.78, 5) is 12.5. The van der Waals surface area contributed by atoms with E-state index in [1.807, 2.05) is 19.1 Å². The lowest BCUT2D eigenvalue weighted by molar-refractivity contribution is -0.131. The summed E-state index contributed by atoms with van der Waals surface area (Å²) in [6.07, 6.45) is 5.04. The standard InChI is InChI=1S/C23H31NO4S2/c1-4-5-7-21(29-22-13-11-20(12-14-22)28-19(3)25)8-6-17-24-30(26,27)23-15-9-18(2)10-16-23/h9-16,21,24H,4-8,17H2,1-3H3. The number of hydrogen-bond acceptors (Lipinski definition) is 5. The Hall–Kier alpha value is -1.83. The summed E-state index contributed by atoms with van der Waals surface area (Å²) in [7, 11) is -3.46. The van der Waals surface area contributed by atoms with Gasteiger partial charge in [0.25, 0.3) is 0 Å². The minimum absolute atomic E-state index is 0.304. The van der Waals surface area contributed by atoms with Gasteiger partial charge in [0.2, 0.25) is 10.0 Å². The molecule has 2 aromatic rings. The monoisotopic (exact) mass is 449 g/mol. The second-order valence-electron chi connectivity index (χ2n) is 7.30. The van der Waals surface area contributed by atoms with Crippen LogP contribution in [0.25, 0.3) is 0 Å². The van der Waals surface area contributed by atoms with E-state index < -0.39 is 10.0 Å². The SMILES string of the molecule is CCCCC(CCCNS(=O)(=O)c1ccc(C)cc1)Sc1ccc(OC(C)=O)cc1. The molecule has 1 N–H and O–H groups in total. The van der Waals surface area contributed by atoms with E-state index in [1.54, 1.807) is 48.2 Å². The molecule has 0 aliphatic carbocycles. The second kappa shape index (κ2) is 12.1. The highest BCUT2D eigenvalue weighted by Gasteiger charge is 2.15.